The first-order valence-corrected chi connectivity index (χ1v) is 7.27. The molecule has 1 aliphatic rings. The van der Waals surface area contributed by atoms with Crippen molar-refractivity contribution < 1.29 is 4.79 Å². The molecule has 2 rings (SSSR count). The highest BCUT2D eigenvalue weighted by atomic mass is 35.5. The summed E-state index contributed by atoms with van der Waals surface area (Å²) in [5.74, 6) is 0. The average molecular weight is 297 g/mol. The highest BCUT2D eigenvalue weighted by Gasteiger charge is 2.09. The lowest BCUT2D eigenvalue weighted by Crippen LogP contribution is -2.46. The van der Waals surface area contributed by atoms with E-state index in [-0.39, 0.29) is 6.03 Å². The number of nitrogens with one attached hydrogen (secondary N) is 3. The summed E-state index contributed by atoms with van der Waals surface area (Å²) in [6.45, 7) is 7.57. The Kier molecular flexibility index (Phi) is 5.64. The summed E-state index contributed by atoms with van der Waals surface area (Å²) in [7, 11) is 0. The molecule has 6 heteroatoms. The van der Waals surface area contributed by atoms with Gasteiger partial charge in [0.25, 0.3) is 0 Å². The molecule has 110 valence electrons. The smallest absolute Gasteiger partial charge is 0.319 e. The topological polar surface area (TPSA) is 56.4 Å². The molecule has 20 heavy (non-hydrogen) atoms. The molecule has 1 aliphatic heterocycles. The molecule has 1 saturated heterocycles. The van der Waals surface area contributed by atoms with Gasteiger partial charge in [-0.3, -0.25) is 4.90 Å². The highest BCUT2D eigenvalue weighted by Crippen LogP contribution is 2.19. The highest BCUT2D eigenvalue weighted by molar-refractivity contribution is 6.31. The van der Waals surface area contributed by atoms with Crippen molar-refractivity contribution in [3.8, 4) is 0 Å². The minimum atomic E-state index is -0.194. The molecule has 5 nitrogen and oxygen atoms in total. The van der Waals surface area contributed by atoms with Gasteiger partial charge >= 0.3 is 6.03 Å². The van der Waals surface area contributed by atoms with E-state index in [1.807, 2.05) is 19.1 Å². The third kappa shape index (κ3) is 4.67. The second kappa shape index (κ2) is 7.47. The summed E-state index contributed by atoms with van der Waals surface area (Å²) in [6.07, 6.45) is 0. The molecule has 0 saturated carbocycles. The van der Waals surface area contributed by atoms with Gasteiger partial charge < -0.3 is 16.0 Å². The number of anilines is 1. The van der Waals surface area contributed by atoms with E-state index < -0.39 is 0 Å². The van der Waals surface area contributed by atoms with Gasteiger partial charge in [0.05, 0.1) is 0 Å². The zero-order valence-electron chi connectivity index (χ0n) is 11.7. The van der Waals surface area contributed by atoms with Crippen molar-refractivity contribution in [2.45, 2.75) is 6.92 Å². The van der Waals surface area contributed by atoms with E-state index in [1.165, 1.54) is 0 Å². The Morgan fingerprint density at radius 1 is 1.40 bits per heavy atom. The van der Waals surface area contributed by atoms with E-state index in [0.29, 0.717) is 17.3 Å². The fourth-order valence-electron chi connectivity index (χ4n) is 2.11. The van der Waals surface area contributed by atoms with Crippen LogP contribution in [0.3, 0.4) is 0 Å². The molecule has 1 aromatic carbocycles. The molecule has 2 amide bonds. The van der Waals surface area contributed by atoms with Crippen LogP contribution in [0.4, 0.5) is 10.5 Å². The molecular formula is C14H21ClN4O. The number of carbonyl (C=O) groups excluding carboxylic acids is 1. The van der Waals surface area contributed by atoms with Crippen LogP contribution in [0.2, 0.25) is 5.02 Å². The number of hydrogen-bond acceptors (Lipinski definition) is 3. The number of rotatable bonds is 4. The van der Waals surface area contributed by atoms with Crippen molar-refractivity contribution in [2.75, 3.05) is 44.6 Å². The lowest BCUT2D eigenvalue weighted by atomic mass is 10.2. The Morgan fingerprint density at radius 2 is 2.15 bits per heavy atom. The van der Waals surface area contributed by atoms with Crippen molar-refractivity contribution in [1.29, 1.82) is 0 Å². The quantitative estimate of drug-likeness (QED) is 0.792. The van der Waals surface area contributed by atoms with Gasteiger partial charge in [0.1, 0.15) is 0 Å². The molecule has 0 bridgehead atoms. The molecule has 0 aromatic heterocycles. The summed E-state index contributed by atoms with van der Waals surface area (Å²) in [5, 5.41) is 9.60. The van der Waals surface area contributed by atoms with Crippen LogP contribution in [-0.2, 0) is 0 Å². The fourth-order valence-corrected chi connectivity index (χ4v) is 2.29. The molecular weight excluding hydrogens is 276 g/mol. The SMILES string of the molecule is Cc1ccc(NC(=O)NCCN2CCNCC2)cc1Cl. The third-order valence-corrected chi connectivity index (χ3v) is 3.76. The Hall–Kier alpha value is -1.30. The molecule has 0 radical (unpaired) electrons. The lowest BCUT2D eigenvalue weighted by molar-refractivity contribution is 0.233. The number of carbonyl (C=O) groups is 1. The van der Waals surface area contributed by atoms with Crippen LogP contribution in [0, 0.1) is 6.92 Å². The second-order valence-corrected chi connectivity index (χ2v) is 5.34. The van der Waals surface area contributed by atoms with Crippen LogP contribution < -0.4 is 16.0 Å². The summed E-state index contributed by atoms with van der Waals surface area (Å²) in [4.78, 5) is 14.1. The first-order chi connectivity index (χ1) is 9.65. The van der Waals surface area contributed by atoms with Gasteiger partial charge in [-0.25, -0.2) is 4.79 Å². The standard InChI is InChI=1S/C14H21ClN4O/c1-11-2-3-12(10-13(11)15)18-14(20)17-6-9-19-7-4-16-5-8-19/h2-3,10,16H,4-9H2,1H3,(H2,17,18,20). The molecule has 0 unspecified atom stereocenters. The van der Waals surface area contributed by atoms with Gasteiger partial charge in [-0.1, -0.05) is 17.7 Å². The van der Waals surface area contributed by atoms with E-state index in [0.717, 1.165) is 38.3 Å². The predicted octanol–water partition coefficient (Wildman–Crippen LogP) is 1.68. The molecule has 3 N–H and O–H groups in total. The summed E-state index contributed by atoms with van der Waals surface area (Å²) in [5.41, 5.74) is 1.71. The van der Waals surface area contributed by atoms with Crippen molar-refractivity contribution in [1.82, 2.24) is 15.5 Å². The van der Waals surface area contributed by atoms with Crippen LogP contribution in [0.25, 0.3) is 0 Å². The van der Waals surface area contributed by atoms with Gasteiger partial charge in [-0.05, 0) is 24.6 Å². The van der Waals surface area contributed by atoms with Crippen LogP contribution >= 0.6 is 11.6 Å². The molecule has 1 aromatic rings. The number of benzene rings is 1. The van der Waals surface area contributed by atoms with Crippen LogP contribution in [-0.4, -0.2) is 50.2 Å². The van der Waals surface area contributed by atoms with Crippen molar-refractivity contribution >= 4 is 23.3 Å². The Morgan fingerprint density at radius 3 is 2.85 bits per heavy atom. The largest absolute Gasteiger partial charge is 0.337 e. The van der Waals surface area contributed by atoms with E-state index in [2.05, 4.69) is 20.9 Å². The molecule has 1 heterocycles. The predicted molar refractivity (Wildman–Crippen MR) is 82.5 cm³/mol. The maximum Gasteiger partial charge on any atom is 0.319 e. The number of hydrogen-bond donors (Lipinski definition) is 3. The zero-order chi connectivity index (χ0) is 14.4. The van der Waals surface area contributed by atoms with Crippen LogP contribution in [0.1, 0.15) is 5.56 Å². The Balaban J connectivity index is 1.70. The lowest BCUT2D eigenvalue weighted by Gasteiger charge is -2.27. The van der Waals surface area contributed by atoms with Gasteiger partial charge in [0.2, 0.25) is 0 Å². The van der Waals surface area contributed by atoms with Crippen molar-refractivity contribution in [3.05, 3.63) is 28.8 Å². The second-order valence-electron chi connectivity index (χ2n) is 4.94. The maximum absolute atomic E-state index is 11.8. The third-order valence-electron chi connectivity index (χ3n) is 3.35. The average Bonchev–Trinajstić information content (AvgIpc) is 2.44. The van der Waals surface area contributed by atoms with Gasteiger partial charge in [0, 0.05) is 50.0 Å². The summed E-state index contributed by atoms with van der Waals surface area (Å²) >= 11 is 6.02. The van der Waals surface area contributed by atoms with Crippen LogP contribution in [0.5, 0.6) is 0 Å². The van der Waals surface area contributed by atoms with E-state index in [4.69, 9.17) is 11.6 Å². The van der Waals surface area contributed by atoms with Crippen LogP contribution in [0.15, 0.2) is 18.2 Å². The maximum atomic E-state index is 11.8. The zero-order valence-corrected chi connectivity index (χ0v) is 12.5. The van der Waals surface area contributed by atoms with Crippen molar-refractivity contribution in [3.63, 3.8) is 0 Å². The first-order valence-electron chi connectivity index (χ1n) is 6.89. The number of nitrogens with zero attached hydrogens (tertiary/aromatic N) is 1. The van der Waals surface area contributed by atoms with Crippen molar-refractivity contribution in [2.24, 2.45) is 0 Å². The first kappa shape index (κ1) is 15.1. The van der Waals surface area contributed by atoms with E-state index in [9.17, 15) is 4.79 Å². The molecule has 1 fully saturated rings. The summed E-state index contributed by atoms with van der Waals surface area (Å²) < 4.78 is 0. The Labute approximate surface area is 124 Å². The van der Waals surface area contributed by atoms with E-state index >= 15 is 0 Å². The number of aryl methyl sites for hydroxylation is 1. The molecule has 0 spiro atoms. The van der Waals surface area contributed by atoms with Gasteiger partial charge in [-0.2, -0.15) is 0 Å². The minimum Gasteiger partial charge on any atom is -0.337 e. The normalized spacial score (nSPS) is 15.9. The number of halogens is 1. The van der Waals surface area contributed by atoms with Gasteiger partial charge in [0.15, 0.2) is 0 Å². The number of amides is 2. The molecule has 0 aliphatic carbocycles. The van der Waals surface area contributed by atoms with E-state index in [1.54, 1.807) is 6.07 Å². The summed E-state index contributed by atoms with van der Waals surface area (Å²) in [6, 6.07) is 5.29. The number of urea groups is 1. The minimum absolute atomic E-state index is 0.194. The monoisotopic (exact) mass is 296 g/mol. The molecule has 0 atom stereocenters. The number of piperazine rings is 1. The Bertz CT molecular complexity index is 460. The van der Waals surface area contributed by atoms with Gasteiger partial charge in [-0.15, -0.1) is 0 Å². The fraction of sp³-hybridized carbons (Fsp3) is 0.500.